The van der Waals surface area contributed by atoms with E-state index in [-0.39, 0.29) is 22.3 Å². The number of nitrogens with two attached hydrogens (primary N) is 1. The lowest BCUT2D eigenvalue weighted by Gasteiger charge is -2.17. The van der Waals surface area contributed by atoms with E-state index in [2.05, 4.69) is 9.97 Å². The van der Waals surface area contributed by atoms with Gasteiger partial charge in [-0.3, -0.25) is 14.3 Å². The summed E-state index contributed by atoms with van der Waals surface area (Å²) in [7, 11) is 0. The third-order valence-corrected chi connectivity index (χ3v) is 5.58. The normalized spacial score (nSPS) is 11.9. The molecule has 0 fully saturated rings. The smallest absolute Gasteiger partial charge is 0.397 e. The van der Waals surface area contributed by atoms with E-state index in [0.29, 0.717) is 16.3 Å². The van der Waals surface area contributed by atoms with Crippen LogP contribution in [0.2, 0.25) is 5.02 Å². The van der Waals surface area contributed by atoms with Crippen LogP contribution in [-0.2, 0) is 6.18 Å². The summed E-state index contributed by atoms with van der Waals surface area (Å²) >= 11 is 5.97. The molecule has 3 aromatic heterocycles. The highest BCUT2D eigenvalue weighted by molar-refractivity contribution is 6.30. The van der Waals surface area contributed by atoms with Gasteiger partial charge in [0.1, 0.15) is 11.3 Å². The van der Waals surface area contributed by atoms with Crippen LogP contribution >= 0.6 is 11.6 Å². The molecule has 164 valence electrons. The Morgan fingerprint density at radius 3 is 2.45 bits per heavy atom. The van der Waals surface area contributed by atoms with E-state index in [1.54, 1.807) is 42.6 Å². The van der Waals surface area contributed by atoms with E-state index in [4.69, 9.17) is 17.3 Å². The average molecular weight is 467 g/mol. The molecule has 5 nitrogen and oxygen atoms in total. The molecular formula is C24H14ClF3N4O. The number of nitrogen functional groups attached to an aromatic ring is 1. The highest BCUT2D eigenvalue weighted by Gasteiger charge is 2.33. The van der Waals surface area contributed by atoms with Crippen LogP contribution in [0.1, 0.15) is 5.69 Å². The Morgan fingerprint density at radius 1 is 0.970 bits per heavy atom. The van der Waals surface area contributed by atoms with Crippen LogP contribution in [0.4, 0.5) is 18.9 Å². The van der Waals surface area contributed by atoms with Gasteiger partial charge in [0.2, 0.25) is 0 Å². The second-order valence-electron chi connectivity index (χ2n) is 7.38. The maximum absolute atomic E-state index is 13.7. The summed E-state index contributed by atoms with van der Waals surface area (Å²) in [6.45, 7) is 0. The molecule has 5 rings (SSSR count). The second-order valence-corrected chi connectivity index (χ2v) is 7.82. The Balaban J connectivity index is 1.89. The van der Waals surface area contributed by atoms with Crippen LogP contribution in [0.15, 0.2) is 77.7 Å². The van der Waals surface area contributed by atoms with Crippen molar-refractivity contribution in [3.63, 3.8) is 0 Å². The lowest BCUT2D eigenvalue weighted by atomic mass is 10.0. The Bertz CT molecular complexity index is 1590. The first-order valence-corrected chi connectivity index (χ1v) is 10.2. The van der Waals surface area contributed by atoms with Gasteiger partial charge in [0.15, 0.2) is 0 Å². The van der Waals surface area contributed by atoms with E-state index in [9.17, 15) is 18.0 Å². The van der Waals surface area contributed by atoms with Crippen LogP contribution in [-0.4, -0.2) is 14.5 Å². The maximum Gasteiger partial charge on any atom is 0.433 e. The van der Waals surface area contributed by atoms with Gasteiger partial charge in [0.05, 0.1) is 22.5 Å². The number of aromatic nitrogens is 3. The third-order valence-electron chi connectivity index (χ3n) is 5.33. The van der Waals surface area contributed by atoms with Crippen LogP contribution in [0, 0.1) is 0 Å². The van der Waals surface area contributed by atoms with Crippen molar-refractivity contribution in [2.75, 3.05) is 5.73 Å². The Kier molecular flexibility index (Phi) is 4.83. The summed E-state index contributed by atoms with van der Waals surface area (Å²) in [5.41, 5.74) is 6.20. The first-order chi connectivity index (χ1) is 15.7. The van der Waals surface area contributed by atoms with Gasteiger partial charge >= 0.3 is 6.18 Å². The monoisotopic (exact) mass is 466 g/mol. The maximum atomic E-state index is 13.7. The zero-order chi connectivity index (χ0) is 23.3. The largest absolute Gasteiger partial charge is 0.433 e. The lowest BCUT2D eigenvalue weighted by molar-refractivity contribution is -0.141. The molecule has 0 unspecified atom stereocenters. The van der Waals surface area contributed by atoms with E-state index in [0.717, 1.165) is 21.5 Å². The molecule has 0 bridgehead atoms. The van der Waals surface area contributed by atoms with Gasteiger partial charge in [0, 0.05) is 22.0 Å². The molecule has 0 saturated carbocycles. The molecule has 5 aromatic rings. The van der Waals surface area contributed by atoms with E-state index < -0.39 is 17.4 Å². The minimum absolute atomic E-state index is 0.0460. The number of hydrogen-bond acceptors (Lipinski definition) is 4. The number of benzene rings is 2. The van der Waals surface area contributed by atoms with Crippen molar-refractivity contribution in [1.82, 2.24) is 14.5 Å². The van der Waals surface area contributed by atoms with Crippen molar-refractivity contribution in [3.8, 4) is 16.8 Å². The zero-order valence-corrected chi connectivity index (χ0v) is 17.5. The first kappa shape index (κ1) is 21.0. The average Bonchev–Trinajstić information content (AvgIpc) is 2.79. The predicted octanol–water partition coefficient (Wildman–Crippen LogP) is 5.86. The topological polar surface area (TPSA) is 73.8 Å². The van der Waals surface area contributed by atoms with Crippen molar-refractivity contribution in [2.45, 2.75) is 6.18 Å². The van der Waals surface area contributed by atoms with Crippen LogP contribution in [0.5, 0.6) is 0 Å². The Hall–Kier alpha value is -3.91. The number of fused-ring (bicyclic) bond motifs is 2. The summed E-state index contributed by atoms with van der Waals surface area (Å²) in [5.74, 6) is 0. The van der Waals surface area contributed by atoms with Crippen molar-refractivity contribution in [1.29, 1.82) is 0 Å². The SMILES string of the molecule is Nc1c(-c2ccc3ncccc3c2)c(=O)n(-c2ccc(Cl)cc2)c2nc(C(F)(F)F)ccc12. The summed E-state index contributed by atoms with van der Waals surface area (Å²) in [6, 6.07) is 17.1. The summed E-state index contributed by atoms with van der Waals surface area (Å²) in [6.07, 6.45) is -3.03. The van der Waals surface area contributed by atoms with Gasteiger partial charge in [-0.25, -0.2) is 4.98 Å². The van der Waals surface area contributed by atoms with Crippen molar-refractivity contribution < 1.29 is 13.2 Å². The Morgan fingerprint density at radius 2 is 1.73 bits per heavy atom. The molecule has 0 amide bonds. The first-order valence-electron chi connectivity index (χ1n) is 9.77. The Labute approximate surface area is 189 Å². The summed E-state index contributed by atoms with van der Waals surface area (Å²) < 4.78 is 41.3. The number of rotatable bonds is 2. The third kappa shape index (κ3) is 3.58. The number of hydrogen-bond donors (Lipinski definition) is 1. The number of anilines is 1. The van der Waals surface area contributed by atoms with Crippen molar-refractivity contribution >= 4 is 39.2 Å². The fourth-order valence-corrected chi connectivity index (χ4v) is 3.91. The number of pyridine rings is 3. The standard InChI is InChI=1S/C24H14ClF3N4O/c25-15-4-6-16(7-5-15)32-22-17(8-10-19(31-22)24(26,27)28)21(29)20(23(32)33)14-3-9-18-13(12-14)2-1-11-30-18/h1-12H,29H2. The fraction of sp³-hybridized carbons (Fsp3) is 0.0417. The molecular weight excluding hydrogens is 453 g/mol. The van der Waals surface area contributed by atoms with E-state index in [1.807, 2.05) is 6.07 Å². The van der Waals surface area contributed by atoms with Gasteiger partial charge in [-0.1, -0.05) is 23.7 Å². The molecule has 0 saturated heterocycles. The molecule has 0 aliphatic rings. The minimum atomic E-state index is -4.69. The molecule has 9 heteroatoms. The van der Waals surface area contributed by atoms with Gasteiger partial charge in [-0.05, 0) is 60.2 Å². The van der Waals surface area contributed by atoms with Gasteiger partial charge < -0.3 is 5.73 Å². The molecule has 0 aliphatic heterocycles. The van der Waals surface area contributed by atoms with E-state index in [1.165, 1.54) is 18.2 Å². The molecule has 2 aromatic carbocycles. The molecule has 0 radical (unpaired) electrons. The molecule has 0 spiro atoms. The highest BCUT2D eigenvalue weighted by Crippen LogP contribution is 2.34. The molecule has 2 N–H and O–H groups in total. The molecule has 0 aliphatic carbocycles. The number of halogens is 4. The molecule has 0 atom stereocenters. The number of nitrogens with zero attached hydrogens (tertiary/aromatic N) is 3. The van der Waals surface area contributed by atoms with Crippen LogP contribution < -0.4 is 11.3 Å². The van der Waals surface area contributed by atoms with Crippen LogP contribution in [0.25, 0.3) is 38.8 Å². The summed E-state index contributed by atoms with van der Waals surface area (Å²) in [5, 5.41) is 1.43. The van der Waals surface area contributed by atoms with Crippen LogP contribution in [0.3, 0.4) is 0 Å². The molecule has 3 heterocycles. The predicted molar refractivity (Wildman–Crippen MR) is 123 cm³/mol. The second kappa shape index (κ2) is 7.60. The van der Waals surface area contributed by atoms with Gasteiger partial charge in [-0.2, -0.15) is 13.2 Å². The summed E-state index contributed by atoms with van der Waals surface area (Å²) in [4.78, 5) is 21.7. The quantitative estimate of drug-likeness (QED) is 0.354. The highest BCUT2D eigenvalue weighted by atomic mass is 35.5. The fourth-order valence-electron chi connectivity index (χ4n) is 3.78. The van der Waals surface area contributed by atoms with Gasteiger partial charge in [0.25, 0.3) is 5.56 Å². The van der Waals surface area contributed by atoms with Gasteiger partial charge in [-0.15, -0.1) is 0 Å². The van der Waals surface area contributed by atoms with Crippen molar-refractivity contribution in [3.05, 3.63) is 94.0 Å². The zero-order valence-electron chi connectivity index (χ0n) is 16.8. The van der Waals surface area contributed by atoms with E-state index >= 15 is 0 Å². The lowest BCUT2D eigenvalue weighted by Crippen LogP contribution is -2.24. The number of alkyl halides is 3. The minimum Gasteiger partial charge on any atom is -0.397 e. The van der Waals surface area contributed by atoms with Crippen molar-refractivity contribution in [2.24, 2.45) is 0 Å². The molecule has 33 heavy (non-hydrogen) atoms.